The first-order valence-electron chi connectivity index (χ1n) is 9.90. The van der Waals surface area contributed by atoms with E-state index in [1.54, 1.807) is 13.3 Å². The van der Waals surface area contributed by atoms with E-state index in [2.05, 4.69) is 40.3 Å². The first-order valence-corrected chi connectivity index (χ1v) is 9.90. The Kier molecular flexibility index (Phi) is 5.47. The summed E-state index contributed by atoms with van der Waals surface area (Å²) in [6, 6.07) is 20.4. The van der Waals surface area contributed by atoms with Gasteiger partial charge in [-0.1, -0.05) is 36.4 Å². The van der Waals surface area contributed by atoms with E-state index in [1.807, 2.05) is 42.5 Å². The summed E-state index contributed by atoms with van der Waals surface area (Å²) in [7, 11) is 1.66. The van der Waals surface area contributed by atoms with Crippen molar-refractivity contribution in [3.8, 4) is 5.75 Å². The Balaban J connectivity index is 1.40. The Bertz CT molecular complexity index is 1000. The highest BCUT2D eigenvalue weighted by Crippen LogP contribution is 2.36. The largest absolute Gasteiger partial charge is 0.496 e. The van der Waals surface area contributed by atoms with Gasteiger partial charge in [0.05, 0.1) is 12.7 Å². The number of pyridine rings is 1. The van der Waals surface area contributed by atoms with E-state index in [9.17, 15) is 4.79 Å². The van der Waals surface area contributed by atoms with E-state index in [-0.39, 0.29) is 5.91 Å². The van der Waals surface area contributed by atoms with Gasteiger partial charge in [-0.05, 0) is 55.2 Å². The average molecular weight is 387 g/mol. The normalized spacial score (nSPS) is 15.1. The number of ether oxygens (including phenoxy) is 1. The highest BCUT2D eigenvalue weighted by atomic mass is 16.5. The molecule has 2 heterocycles. The van der Waals surface area contributed by atoms with Gasteiger partial charge < -0.3 is 15.0 Å². The summed E-state index contributed by atoms with van der Waals surface area (Å²) in [5, 5.41) is 2.96. The predicted molar refractivity (Wildman–Crippen MR) is 115 cm³/mol. The molecule has 5 heteroatoms. The fourth-order valence-electron chi connectivity index (χ4n) is 3.90. The van der Waals surface area contributed by atoms with Crippen LogP contribution in [0.3, 0.4) is 0 Å². The monoisotopic (exact) mass is 387 g/mol. The van der Waals surface area contributed by atoms with Crippen LogP contribution in [0.1, 0.15) is 28.4 Å². The molecule has 1 aliphatic rings. The van der Waals surface area contributed by atoms with Gasteiger partial charge in [0.25, 0.3) is 5.91 Å². The highest BCUT2D eigenvalue weighted by molar-refractivity contribution is 5.94. The molecule has 1 amide bonds. The Hall–Kier alpha value is -3.34. The van der Waals surface area contributed by atoms with Crippen LogP contribution in [0, 0.1) is 0 Å². The Labute approximate surface area is 171 Å². The zero-order valence-corrected chi connectivity index (χ0v) is 16.8. The number of fused-ring (bicyclic) bond motifs is 1. The number of hydrogen-bond acceptors (Lipinski definition) is 4. The highest BCUT2D eigenvalue weighted by Gasteiger charge is 2.27. The second kappa shape index (κ2) is 8.35. The number of methoxy groups -OCH3 is 1. The predicted octanol–water partition coefficient (Wildman–Crippen LogP) is 4.15. The molecule has 1 unspecified atom stereocenters. The van der Waals surface area contributed by atoms with Crippen molar-refractivity contribution in [2.45, 2.75) is 25.8 Å². The Morgan fingerprint density at radius 1 is 1.14 bits per heavy atom. The van der Waals surface area contributed by atoms with Crippen LogP contribution in [0.15, 0.2) is 66.9 Å². The molecular formula is C24H25N3O2. The van der Waals surface area contributed by atoms with Crippen molar-refractivity contribution < 1.29 is 9.53 Å². The summed E-state index contributed by atoms with van der Waals surface area (Å²) in [5.41, 5.74) is 4.17. The molecule has 0 spiro atoms. The molecule has 2 aromatic carbocycles. The molecule has 1 aromatic heterocycles. The van der Waals surface area contributed by atoms with Crippen LogP contribution in [0.25, 0.3) is 0 Å². The van der Waals surface area contributed by atoms with Crippen LogP contribution in [-0.4, -0.2) is 30.6 Å². The van der Waals surface area contributed by atoms with E-state index in [0.717, 1.165) is 23.6 Å². The zero-order chi connectivity index (χ0) is 20.2. The van der Waals surface area contributed by atoms with Crippen molar-refractivity contribution >= 4 is 17.4 Å². The van der Waals surface area contributed by atoms with E-state index in [0.29, 0.717) is 24.6 Å². The minimum absolute atomic E-state index is 0.117. The number of nitrogens with one attached hydrogen (secondary N) is 1. The summed E-state index contributed by atoms with van der Waals surface area (Å²) in [5.74, 6) is 1.59. The lowest BCUT2D eigenvalue weighted by Crippen LogP contribution is -2.27. The number of rotatable bonds is 6. The molecule has 0 saturated carbocycles. The molecular weight excluding hydrogens is 362 g/mol. The number of anilines is 2. The molecule has 0 aliphatic carbocycles. The fraction of sp³-hybridized carbons (Fsp3) is 0.250. The molecule has 1 aliphatic heterocycles. The number of nitrogens with zero attached hydrogens (tertiary/aromatic N) is 2. The van der Waals surface area contributed by atoms with Crippen molar-refractivity contribution in [2.75, 3.05) is 18.6 Å². The maximum atomic E-state index is 12.5. The molecule has 1 atom stereocenters. The second-order valence-corrected chi connectivity index (χ2v) is 7.27. The van der Waals surface area contributed by atoms with Crippen LogP contribution in [0.5, 0.6) is 5.75 Å². The van der Waals surface area contributed by atoms with Gasteiger partial charge in [0.2, 0.25) is 0 Å². The summed E-state index contributed by atoms with van der Waals surface area (Å²) in [6.45, 7) is 2.73. The summed E-state index contributed by atoms with van der Waals surface area (Å²) >= 11 is 0. The second-order valence-electron chi connectivity index (χ2n) is 7.27. The molecule has 0 bridgehead atoms. The van der Waals surface area contributed by atoms with E-state index >= 15 is 0 Å². The Morgan fingerprint density at radius 3 is 2.72 bits per heavy atom. The molecule has 0 radical (unpaired) electrons. The minimum atomic E-state index is -0.117. The Morgan fingerprint density at radius 2 is 1.93 bits per heavy atom. The van der Waals surface area contributed by atoms with Crippen molar-refractivity contribution in [3.05, 3.63) is 83.6 Å². The number of carbonyl (C=O) groups excluding carboxylic acids is 1. The molecule has 0 fully saturated rings. The van der Waals surface area contributed by atoms with E-state index in [4.69, 9.17) is 4.74 Å². The van der Waals surface area contributed by atoms with Gasteiger partial charge in [-0.2, -0.15) is 0 Å². The van der Waals surface area contributed by atoms with E-state index < -0.39 is 0 Å². The maximum Gasteiger partial charge on any atom is 0.252 e. The number of carbonyl (C=O) groups is 1. The third-order valence-electron chi connectivity index (χ3n) is 5.34. The van der Waals surface area contributed by atoms with Crippen LogP contribution < -0.4 is 15.0 Å². The summed E-state index contributed by atoms with van der Waals surface area (Å²) in [4.78, 5) is 19.3. The fourth-order valence-corrected chi connectivity index (χ4v) is 3.90. The first kappa shape index (κ1) is 19.0. The molecule has 148 valence electrons. The van der Waals surface area contributed by atoms with Crippen molar-refractivity contribution in [2.24, 2.45) is 0 Å². The van der Waals surface area contributed by atoms with Gasteiger partial charge in [-0.15, -0.1) is 0 Å². The standard InChI is InChI=1S/C24H25N3O2/c1-17-15-19-8-3-5-9-21(19)27(17)23-12-11-20(16-26-23)24(28)25-14-13-18-7-4-6-10-22(18)29-2/h3-12,16-17H,13-15H2,1-2H3,(H,25,28). The maximum absolute atomic E-state index is 12.5. The van der Waals surface area contributed by atoms with Gasteiger partial charge in [0, 0.05) is 24.5 Å². The third-order valence-corrected chi connectivity index (χ3v) is 5.34. The van der Waals surface area contributed by atoms with E-state index in [1.165, 1.54) is 11.3 Å². The van der Waals surface area contributed by atoms with Gasteiger partial charge in [0.15, 0.2) is 0 Å². The van der Waals surface area contributed by atoms with Gasteiger partial charge in [0.1, 0.15) is 11.6 Å². The number of amides is 1. The van der Waals surface area contributed by atoms with Crippen molar-refractivity contribution in [1.82, 2.24) is 10.3 Å². The molecule has 4 rings (SSSR count). The first-order chi connectivity index (χ1) is 14.2. The summed E-state index contributed by atoms with van der Waals surface area (Å²) < 4.78 is 5.36. The van der Waals surface area contributed by atoms with Crippen LogP contribution in [-0.2, 0) is 12.8 Å². The lowest BCUT2D eigenvalue weighted by Gasteiger charge is -2.23. The molecule has 29 heavy (non-hydrogen) atoms. The van der Waals surface area contributed by atoms with Crippen LogP contribution in [0.2, 0.25) is 0 Å². The average Bonchev–Trinajstić information content (AvgIpc) is 3.09. The number of para-hydroxylation sites is 2. The SMILES string of the molecule is COc1ccccc1CCNC(=O)c1ccc(N2c3ccccc3CC2C)nc1. The minimum Gasteiger partial charge on any atom is -0.496 e. The summed E-state index contributed by atoms with van der Waals surface area (Å²) in [6.07, 6.45) is 3.37. The van der Waals surface area contributed by atoms with Gasteiger partial charge in [-0.25, -0.2) is 4.98 Å². The molecule has 3 aromatic rings. The smallest absolute Gasteiger partial charge is 0.252 e. The van der Waals surface area contributed by atoms with Gasteiger partial charge >= 0.3 is 0 Å². The lowest BCUT2D eigenvalue weighted by molar-refractivity contribution is 0.0953. The topological polar surface area (TPSA) is 54.5 Å². The van der Waals surface area contributed by atoms with Crippen molar-refractivity contribution in [1.29, 1.82) is 0 Å². The van der Waals surface area contributed by atoms with Crippen LogP contribution in [0.4, 0.5) is 11.5 Å². The van der Waals surface area contributed by atoms with Crippen molar-refractivity contribution in [3.63, 3.8) is 0 Å². The zero-order valence-electron chi connectivity index (χ0n) is 16.8. The molecule has 1 N–H and O–H groups in total. The number of hydrogen-bond donors (Lipinski definition) is 1. The number of aromatic nitrogens is 1. The third kappa shape index (κ3) is 3.94. The van der Waals surface area contributed by atoms with Gasteiger partial charge in [-0.3, -0.25) is 4.79 Å². The van der Waals surface area contributed by atoms with Crippen LogP contribution >= 0.6 is 0 Å². The quantitative estimate of drug-likeness (QED) is 0.691. The number of benzene rings is 2. The lowest BCUT2D eigenvalue weighted by atomic mass is 10.1. The molecule has 5 nitrogen and oxygen atoms in total. The molecule has 0 saturated heterocycles.